The highest BCUT2D eigenvalue weighted by Crippen LogP contribution is 2.28. The van der Waals surface area contributed by atoms with Crippen LogP contribution in [-0.4, -0.2) is 66.0 Å². The van der Waals surface area contributed by atoms with Crippen molar-refractivity contribution in [2.75, 3.05) is 33.3 Å². The number of nitrogens with zero attached hydrogens (tertiary/aromatic N) is 3. The molecular formula is C23H28N4O5. The Balaban J connectivity index is 1.27. The molecule has 4 rings (SSSR count). The van der Waals surface area contributed by atoms with E-state index in [-0.39, 0.29) is 35.9 Å². The number of likely N-dealkylation sites (tertiary alicyclic amines) is 2. The van der Waals surface area contributed by atoms with Gasteiger partial charge >= 0.3 is 0 Å². The molecule has 32 heavy (non-hydrogen) atoms. The molecule has 0 saturated carbocycles. The average Bonchev–Trinajstić information content (AvgIpc) is 3.47. The Hall–Kier alpha value is -3.36. The zero-order chi connectivity index (χ0) is 22.5. The summed E-state index contributed by atoms with van der Waals surface area (Å²) >= 11 is 0. The number of ether oxygens (including phenoxy) is 1. The van der Waals surface area contributed by atoms with Crippen LogP contribution >= 0.6 is 0 Å². The van der Waals surface area contributed by atoms with Crippen molar-refractivity contribution in [3.05, 3.63) is 47.3 Å². The van der Waals surface area contributed by atoms with Crippen LogP contribution in [0.2, 0.25) is 0 Å². The highest BCUT2D eigenvalue weighted by molar-refractivity contribution is 5.91. The molecule has 2 aliphatic heterocycles. The molecule has 1 aromatic carbocycles. The van der Waals surface area contributed by atoms with E-state index in [4.69, 9.17) is 9.26 Å². The van der Waals surface area contributed by atoms with Crippen molar-refractivity contribution in [1.82, 2.24) is 20.3 Å². The van der Waals surface area contributed by atoms with Crippen LogP contribution in [0.25, 0.3) is 0 Å². The van der Waals surface area contributed by atoms with Crippen molar-refractivity contribution in [3.8, 4) is 5.75 Å². The van der Waals surface area contributed by atoms with E-state index in [9.17, 15) is 14.4 Å². The zero-order valence-corrected chi connectivity index (χ0v) is 18.2. The fourth-order valence-corrected chi connectivity index (χ4v) is 4.26. The van der Waals surface area contributed by atoms with Crippen molar-refractivity contribution in [2.45, 2.75) is 38.1 Å². The standard InChI is InChI=1S/C23H28N4O5/c1-31-19-6-3-2-5-17(19)14-24-23(30)20-13-18(25-32-20)16-8-11-26(12-9-16)22(29)15-27-10-4-7-21(27)28/h2-3,5-6,13,16H,4,7-12,14-15H2,1H3,(H,24,30). The first-order valence-corrected chi connectivity index (χ1v) is 11.0. The summed E-state index contributed by atoms with van der Waals surface area (Å²) in [6.45, 7) is 2.37. The highest BCUT2D eigenvalue weighted by atomic mass is 16.5. The predicted molar refractivity (Wildman–Crippen MR) is 115 cm³/mol. The Morgan fingerprint density at radius 1 is 1.22 bits per heavy atom. The minimum atomic E-state index is -0.336. The van der Waals surface area contributed by atoms with E-state index < -0.39 is 0 Å². The zero-order valence-electron chi connectivity index (χ0n) is 18.2. The van der Waals surface area contributed by atoms with Crippen molar-refractivity contribution in [3.63, 3.8) is 0 Å². The first-order chi connectivity index (χ1) is 15.5. The van der Waals surface area contributed by atoms with E-state index >= 15 is 0 Å². The molecule has 2 saturated heterocycles. The predicted octanol–water partition coefficient (Wildman–Crippen LogP) is 1.94. The van der Waals surface area contributed by atoms with Gasteiger partial charge in [0.25, 0.3) is 5.91 Å². The molecule has 0 spiro atoms. The lowest BCUT2D eigenvalue weighted by atomic mass is 9.93. The highest BCUT2D eigenvalue weighted by Gasteiger charge is 2.29. The minimum Gasteiger partial charge on any atom is -0.496 e. The summed E-state index contributed by atoms with van der Waals surface area (Å²) < 4.78 is 10.6. The molecule has 0 unspecified atom stereocenters. The molecule has 0 aliphatic carbocycles. The number of hydrogen-bond donors (Lipinski definition) is 1. The maximum Gasteiger partial charge on any atom is 0.290 e. The number of methoxy groups -OCH3 is 1. The van der Waals surface area contributed by atoms with Gasteiger partial charge < -0.3 is 24.4 Å². The maximum atomic E-state index is 12.5. The molecule has 0 bridgehead atoms. The van der Waals surface area contributed by atoms with Gasteiger partial charge in [0, 0.05) is 50.1 Å². The molecule has 1 N–H and O–H groups in total. The fraction of sp³-hybridized carbons (Fsp3) is 0.478. The average molecular weight is 441 g/mol. The number of para-hydroxylation sites is 1. The SMILES string of the molecule is COc1ccccc1CNC(=O)c1cc(C2CCN(C(=O)CN3CCCC3=O)CC2)no1. The number of hydrogen-bond acceptors (Lipinski definition) is 6. The summed E-state index contributed by atoms with van der Waals surface area (Å²) in [6, 6.07) is 9.17. The van der Waals surface area contributed by atoms with Gasteiger partial charge in [0.2, 0.25) is 17.6 Å². The first-order valence-electron chi connectivity index (χ1n) is 11.0. The molecule has 1 aromatic heterocycles. The van der Waals surface area contributed by atoms with Crippen LogP contribution in [0, 0.1) is 0 Å². The van der Waals surface area contributed by atoms with Gasteiger partial charge in [-0.15, -0.1) is 0 Å². The molecular weight excluding hydrogens is 412 g/mol. The number of rotatable bonds is 7. The Morgan fingerprint density at radius 2 is 2.00 bits per heavy atom. The van der Waals surface area contributed by atoms with Crippen LogP contribution in [-0.2, 0) is 16.1 Å². The smallest absolute Gasteiger partial charge is 0.290 e. The second-order valence-electron chi connectivity index (χ2n) is 8.18. The Kier molecular flexibility index (Phi) is 6.72. The van der Waals surface area contributed by atoms with Crippen LogP contribution < -0.4 is 10.1 Å². The second-order valence-corrected chi connectivity index (χ2v) is 8.18. The number of nitrogens with one attached hydrogen (secondary N) is 1. The number of benzene rings is 1. The third kappa shape index (κ3) is 4.92. The van der Waals surface area contributed by atoms with Crippen molar-refractivity contribution >= 4 is 17.7 Å². The van der Waals surface area contributed by atoms with E-state index in [1.54, 1.807) is 18.1 Å². The van der Waals surface area contributed by atoms with Crippen LogP contribution in [0.3, 0.4) is 0 Å². The van der Waals surface area contributed by atoms with E-state index in [2.05, 4.69) is 10.5 Å². The van der Waals surface area contributed by atoms with Crippen LogP contribution in [0.15, 0.2) is 34.9 Å². The molecule has 3 amide bonds. The van der Waals surface area contributed by atoms with Gasteiger partial charge in [0.15, 0.2) is 0 Å². The lowest BCUT2D eigenvalue weighted by Crippen LogP contribution is -2.44. The second kappa shape index (κ2) is 9.84. The van der Waals surface area contributed by atoms with Gasteiger partial charge in [-0.3, -0.25) is 14.4 Å². The number of aromatic nitrogens is 1. The quantitative estimate of drug-likeness (QED) is 0.706. The lowest BCUT2D eigenvalue weighted by Gasteiger charge is -2.32. The van der Waals surface area contributed by atoms with E-state index in [0.717, 1.165) is 30.5 Å². The monoisotopic (exact) mass is 440 g/mol. The van der Waals surface area contributed by atoms with Gasteiger partial charge in [0.05, 0.1) is 19.3 Å². The molecule has 2 fully saturated rings. The van der Waals surface area contributed by atoms with Gasteiger partial charge in [-0.05, 0) is 25.3 Å². The van der Waals surface area contributed by atoms with Crippen LogP contribution in [0.5, 0.6) is 5.75 Å². The first kappa shape index (κ1) is 21.9. The molecule has 0 radical (unpaired) electrons. The normalized spacial score (nSPS) is 17.0. The summed E-state index contributed by atoms with van der Waals surface area (Å²) in [4.78, 5) is 40.2. The molecule has 9 nitrogen and oxygen atoms in total. The minimum absolute atomic E-state index is 0.00439. The molecule has 2 aromatic rings. The van der Waals surface area contributed by atoms with Gasteiger partial charge in [-0.1, -0.05) is 23.4 Å². The van der Waals surface area contributed by atoms with E-state index in [0.29, 0.717) is 38.3 Å². The largest absolute Gasteiger partial charge is 0.496 e. The summed E-state index contributed by atoms with van der Waals surface area (Å²) in [5, 5.41) is 6.92. The Morgan fingerprint density at radius 3 is 2.72 bits per heavy atom. The molecule has 3 heterocycles. The molecule has 0 atom stereocenters. The molecule has 9 heteroatoms. The molecule has 170 valence electrons. The van der Waals surface area contributed by atoms with Crippen molar-refractivity contribution in [1.29, 1.82) is 0 Å². The number of carbonyl (C=O) groups is 3. The van der Waals surface area contributed by atoms with Gasteiger partial charge in [-0.25, -0.2) is 0 Å². The number of amides is 3. The number of piperidine rings is 1. The van der Waals surface area contributed by atoms with Gasteiger partial charge in [0.1, 0.15) is 5.75 Å². The van der Waals surface area contributed by atoms with Crippen LogP contribution in [0.4, 0.5) is 0 Å². The van der Waals surface area contributed by atoms with Gasteiger partial charge in [-0.2, -0.15) is 0 Å². The number of carbonyl (C=O) groups excluding carboxylic acids is 3. The Labute approximate surface area is 186 Å². The summed E-state index contributed by atoms with van der Waals surface area (Å²) in [5.41, 5.74) is 1.60. The Bertz CT molecular complexity index is 980. The van der Waals surface area contributed by atoms with E-state index in [1.807, 2.05) is 29.2 Å². The third-order valence-electron chi connectivity index (χ3n) is 6.15. The molecule has 2 aliphatic rings. The summed E-state index contributed by atoms with van der Waals surface area (Å²) in [6.07, 6.45) is 2.86. The lowest BCUT2D eigenvalue weighted by molar-refractivity contribution is -0.139. The van der Waals surface area contributed by atoms with E-state index in [1.165, 1.54) is 0 Å². The fourth-order valence-electron chi connectivity index (χ4n) is 4.26. The van der Waals surface area contributed by atoms with Crippen molar-refractivity contribution in [2.24, 2.45) is 0 Å². The van der Waals surface area contributed by atoms with Crippen LogP contribution in [0.1, 0.15) is 53.4 Å². The summed E-state index contributed by atoms with van der Waals surface area (Å²) in [7, 11) is 1.59. The topological polar surface area (TPSA) is 105 Å². The maximum absolute atomic E-state index is 12.5. The van der Waals surface area contributed by atoms with Crippen molar-refractivity contribution < 1.29 is 23.6 Å². The summed E-state index contributed by atoms with van der Waals surface area (Å²) in [5.74, 6) is 0.731. The third-order valence-corrected chi connectivity index (χ3v) is 6.15.